The first-order valence-electron chi connectivity index (χ1n) is 5.21. The Morgan fingerprint density at radius 3 is 2.65 bits per heavy atom. The molecule has 17 heavy (non-hydrogen) atoms. The normalized spacial score (nSPS) is 10.2. The number of nitrogen functional groups attached to an aromatic ring is 1. The molecule has 1 heterocycles. The molecule has 0 unspecified atom stereocenters. The van der Waals surface area contributed by atoms with E-state index in [0.717, 1.165) is 11.1 Å². The SMILES string of the molecule is Cc1ccc(C)c(OC(=O)c2ccc(N)o2)c1. The molecule has 2 aromatic rings. The molecule has 0 fully saturated rings. The van der Waals surface area contributed by atoms with Gasteiger partial charge in [0, 0.05) is 6.07 Å². The number of furan rings is 1. The van der Waals surface area contributed by atoms with Gasteiger partial charge in [-0.15, -0.1) is 0 Å². The van der Waals surface area contributed by atoms with Crippen molar-refractivity contribution in [2.75, 3.05) is 5.73 Å². The third kappa shape index (κ3) is 2.47. The van der Waals surface area contributed by atoms with Crippen LogP contribution in [0, 0.1) is 13.8 Å². The lowest BCUT2D eigenvalue weighted by molar-refractivity contribution is 0.0701. The van der Waals surface area contributed by atoms with Crippen molar-refractivity contribution in [3.63, 3.8) is 0 Å². The van der Waals surface area contributed by atoms with Gasteiger partial charge in [0.25, 0.3) is 0 Å². The van der Waals surface area contributed by atoms with Gasteiger partial charge in [-0.05, 0) is 37.1 Å². The summed E-state index contributed by atoms with van der Waals surface area (Å²) in [7, 11) is 0. The van der Waals surface area contributed by atoms with Gasteiger partial charge < -0.3 is 14.9 Å². The van der Waals surface area contributed by atoms with Gasteiger partial charge in [-0.2, -0.15) is 0 Å². The number of hydrogen-bond acceptors (Lipinski definition) is 4. The van der Waals surface area contributed by atoms with Crippen molar-refractivity contribution in [3.8, 4) is 5.75 Å². The molecule has 0 spiro atoms. The topological polar surface area (TPSA) is 65.5 Å². The highest BCUT2D eigenvalue weighted by Crippen LogP contribution is 2.21. The maximum absolute atomic E-state index is 11.7. The van der Waals surface area contributed by atoms with E-state index in [1.54, 1.807) is 6.07 Å². The number of aryl methyl sites for hydroxylation is 2. The Bertz CT molecular complexity index is 558. The first-order valence-corrected chi connectivity index (χ1v) is 5.21. The predicted molar refractivity (Wildman–Crippen MR) is 64.0 cm³/mol. The zero-order valence-electron chi connectivity index (χ0n) is 9.69. The van der Waals surface area contributed by atoms with E-state index in [1.807, 2.05) is 26.0 Å². The predicted octanol–water partition coefficient (Wildman–Crippen LogP) is 2.70. The van der Waals surface area contributed by atoms with Crippen molar-refractivity contribution < 1.29 is 13.9 Å². The van der Waals surface area contributed by atoms with Crippen LogP contribution in [0.4, 0.5) is 5.88 Å². The molecule has 1 aromatic heterocycles. The summed E-state index contributed by atoms with van der Waals surface area (Å²) < 4.78 is 10.2. The van der Waals surface area contributed by atoms with Crippen molar-refractivity contribution >= 4 is 11.9 Å². The number of hydrogen-bond donors (Lipinski definition) is 1. The van der Waals surface area contributed by atoms with Crippen molar-refractivity contribution in [3.05, 3.63) is 47.2 Å². The Kier molecular flexibility index (Phi) is 2.87. The minimum absolute atomic E-state index is 0.100. The fourth-order valence-electron chi connectivity index (χ4n) is 1.43. The number of anilines is 1. The van der Waals surface area contributed by atoms with E-state index in [1.165, 1.54) is 12.1 Å². The van der Waals surface area contributed by atoms with E-state index in [9.17, 15) is 4.79 Å². The van der Waals surface area contributed by atoms with Gasteiger partial charge >= 0.3 is 5.97 Å². The fraction of sp³-hybridized carbons (Fsp3) is 0.154. The maximum atomic E-state index is 11.7. The van der Waals surface area contributed by atoms with Crippen LogP contribution in [0.25, 0.3) is 0 Å². The molecular formula is C13H13NO3. The van der Waals surface area contributed by atoms with E-state index < -0.39 is 5.97 Å². The minimum atomic E-state index is -0.546. The molecule has 2 N–H and O–H groups in total. The van der Waals surface area contributed by atoms with Crippen LogP contribution < -0.4 is 10.5 Å². The van der Waals surface area contributed by atoms with Gasteiger partial charge in [0.1, 0.15) is 5.75 Å². The summed E-state index contributed by atoms with van der Waals surface area (Å²) in [6.45, 7) is 3.81. The Hall–Kier alpha value is -2.23. The monoisotopic (exact) mass is 231 g/mol. The standard InChI is InChI=1S/C13H13NO3/c1-8-3-4-9(2)11(7-8)17-13(15)10-5-6-12(14)16-10/h3-7H,14H2,1-2H3. The molecule has 0 aliphatic carbocycles. The first kappa shape index (κ1) is 11.3. The van der Waals surface area contributed by atoms with Gasteiger partial charge in [-0.1, -0.05) is 12.1 Å². The van der Waals surface area contributed by atoms with Gasteiger partial charge in [0.05, 0.1) is 0 Å². The third-order valence-electron chi connectivity index (χ3n) is 2.37. The Balaban J connectivity index is 2.21. The van der Waals surface area contributed by atoms with E-state index in [-0.39, 0.29) is 11.6 Å². The van der Waals surface area contributed by atoms with Crippen LogP contribution in [-0.4, -0.2) is 5.97 Å². The summed E-state index contributed by atoms with van der Waals surface area (Å²) in [4.78, 5) is 11.7. The van der Waals surface area contributed by atoms with Crippen molar-refractivity contribution in [1.29, 1.82) is 0 Å². The molecule has 2 rings (SSSR count). The van der Waals surface area contributed by atoms with Gasteiger partial charge in [-0.25, -0.2) is 4.79 Å². The molecule has 0 amide bonds. The number of benzene rings is 1. The lowest BCUT2D eigenvalue weighted by Crippen LogP contribution is -2.08. The molecule has 0 aliphatic rings. The van der Waals surface area contributed by atoms with Crippen LogP contribution in [0.5, 0.6) is 5.75 Å². The Morgan fingerprint density at radius 2 is 2.00 bits per heavy atom. The smallest absolute Gasteiger partial charge is 0.379 e. The van der Waals surface area contributed by atoms with E-state index >= 15 is 0 Å². The summed E-state index contributed by atoms with van der Waals surface area (Å²) in [6.07, 6.45) is 0. The summed E-state index contributed by atoms with van der Waals surface area (Å²) in [5.74, 6) is 0.279. The molecule has 1 aromatic carbocycles. The molecular weight excluding hydrogens is 218 g/mol. The van der Waals surface area contributed by atoms with Gasteiger partial charge in [0.15, 0.2) is 5.88 Å². The molecule has 88 valence electrons. The first-order chi connectivity index (χ1) is 8.06. The number of nitrogens with two attached hydrogens (primary N) is 1. The quantitative estimate of drug-likeness (QED) is 0.637. The average Bonchev–Trinajstić information content (AvgIpc) is 2.70. The molecule has 0 saturated heterocycles. The number of carbonyl (C=O) groups excluding carboxylic acids is 1. The molecule has 0 bridgehead atoms. The second-order valence-electron chi connectivity index (χ2n) is 3.86. The van der Waals surface area contributed by atoms with Crippen molar-refractivity contribution in [2.45, 2.75) is 13.8 Å². The lowest BCUT2D eigenvalue weighted by Gasteiger charge is -2.06. The number of ether oxygens (including phenoxy) is 1. The maximum Gasteiger partial charge on any atom is 0.379 e. The summed E-state index contributed by atoms with van der Waals surface area (Å²) in [5.41, 5.74) is 7.31. The summed E-state index contributed by atoms with van der Waals surface area (Å²) in [6, 6.07) is 8.66. The highest BCUT2D eigenvalue weighted by molar-refractivity contribution is 5.88. The van der Waals surface area contributed by atoms with Gasteiger partial charge in [-0.3, -0.25) is 0 Å². The molecule has 0 saturated carbocycles. The molecule has 4 nitrogen and oxygen atoms in total. The largest absolute Gasteiger partial charge is 0.434 e. The Labute approximate surface area is 99.0 Å². The Morgan fingerprint density at radius 1 is 1.24 bits per heavy atom. The van der Waals surface area contributed by atoms with E-state index in [4.69, 9.17) is 14.9 Å². The third-order valence-corrected chi connectivity index (χ3v) is 2.37. The average molecular weight is 231 g/mol. The molecule has 0 aliphatic heterocycles. The molecule has 0 radical (unpaired) electrons. The highest BCUT2D eigenvalue weighted by atomic mass is 16.5. The van der Waals surface area contributed by atoms with Crippen LogP contribution in [0.1, 0.15) is 21.7 Å². The van der Waals surface area contributed by atoms with Crippen molar-refractivity contribution in [2.24, 2.45) is 0 Å². The molecule has 4 heteroatoms. The fourth-order valence-corrected chi connectivity index (χ4v) is 1.43. The second kappa shape index (κ2) is 4.33. The zero-order chi connectivity index (χ0) is 12.4. The molecule has 0 atom stereocenters. The lowest BCUT2D eigenvalue weighted by atomic mass is 10.1. The second-order valence-corrected chi connectivity index (χ2v) is 3.86. The van der Waals surface area contributed by atoms with E-state index in [2.05, 4.69) is 0 Å². The number of esters is 1. The van der Waals surface area contributed by atoms with Crippen LogP contribution in [0.3, 0.4) is 0 Å². The van der Waals surface area contributed by atoms with Crippen molar-refractivity contribution in [1.82, 2.24) is 0 Å². The number of carbonyl (C=O) groups is 1. The van der Waals surface area contributed by atoms with Gasteiger partial charge in [0.2, 0.25) is 5.76 Å². The zero-order valence-corrected chi connectivity index (χ0v) is 9.69. The van der Waals surface area contributed by atoms with Crippen LogP contribution >= 0.6 is 0 Å². The van der Waals surface area contributed by atoms with Crippen LogP contribution in [0.2, 0.25) is 0 Å². The minimum Gasteiger partial charge on any atom is -0.434 e. The number of rotatable bonds is 2. The van der Waals surface area contributed by atoms with Crippen LogP contribution in [-0.2, 0) is 0 Å². The summed E-state index contributed by atoms with van der Waals surface area (Å²) in [5, 5.41) is 0. The summed E-state index contributed by atoms with van der Waals surface area (Å²) >= 11 is 0. The highest BCUT2D eigenvalue weighted by Gasteiger charge is 2.14. The van der Waals surface area contributed by atoms with Crippen LogP contribution in [0.15, 0.2) is 34.7 Å². The van der Waals surface area contributed by atoms with E-state index in [0.29, 0.717) is 5.75 Å².